The van der Waals surface area contributed by atoms with E-state index in [9.17, 15) is 0 Å². The summed E-state index contributed by atoms with van der Waals surface area (Å²) in [7, 11) is -0.681. The Hall–Kier alpha value is -2.76. The molecule has 1 saturated carbocycles. The smallest absolute Gasteiger partial charge is 0.0712 e. The summed E-state index contributed by atoms with van der Waals surface area (Å²) in [4.78, 5) is 5.47. The molecule has 0 radical (unpaired) electrons. The van der Waals surface area contributed by atoms with Gasteiger partial charge in [0.15, 0.2) is 0 Å². The molecule has 176 valence electrons. The molecule has 4 aromatic rings. The molecule has 0 spiro atoms. The third-order valence-electron chi connectivity index (χ3n) is 8.59. The number of hydrogen-bond acceptors (Lipinski definition) is 1. The fourth-order valence-electron chi connectivity index (χ4n) is 6.73. The van der Waals surface area contributed by atoms with Gasteiger partial charge in [-0.25, -0.2) is 0 Å². The summed E-state index contributed by atoms with van der Waals surface area (Å²) < 4.78 is 0. The molecule has 3 aliphatic rings. The average molecular weight is 476 g/mol. The SMILES string of the molecule is CC(C)[C@H]1c2nc(-c3ccccc3P(c3ccccc3)c3ccccc3)ccc2[C@@H]2C[C@H]1C2(C)C. The third-order valence-corrected chi connectivity index (χ3v) is 11.1. The van der Waals surface area contributed by atoms with Gasteiger partial charge in [-0.1, -0.05) is 119 Å². The van der Waals surface area contributed by atoms with Crippen LogP contribution in [0.15, 0.2) is 97.1 Å². The molecule has 1 nitrogen and oxygen atoms in total. The second kappa shape index (κ2) is 8.72. The van der Waals surface area contributed by atoms with E-state index >= 15 is 0 Å². The summed E-state index contributed by atoms with van der Waals surface area (Å²) in [5.74, 6) is 2.54. The van der Waals surface area contributed by atoms with Crippen molar-refractivity contribution in [2.75, 3.05) is 0 Å². The Morgan fingerprint density at radius 2 is 1.37 bits per heavy atom. The van der Waals surface area contributed by atoms with Gasteiger partial charge in [-0.3, -0.25) is 4.98 Å². The van der Waals surface area contributed by atoms with E-state index in [2.05, 4.69) is 125 Å². The fraction of sp³-hybridized carbons (Fsp3) is 0.303. The normalized spacial score (nSPS) is 22.1. The van der Waals surface area contributed by atoms with Gasteiger partial charge in [-0.05, 0) is 65.1 Å². The maximum Gasteiger partial charge on any atom is 0.0712 e. The first-order valence-electron chi connectivity index (χ1n) is 13.0. The van der Waals surface area contributed by atoms with Crippen LogP contribution in [-0.4, -0.2) is 4.98 Å². The largest absolute Gasteiger partial charge is 0.252 e. The molecule has 3 atom stereocenters. The molecule has 35 heavy (non-hydrogen) atoms. The van der Waals surface area contributed by atoms with E-state index in [1.807, 2.05) is 0 Å². The van der Waals surface area contributed by atoms with Crippen LogP contribution in [0.2, 0.25) is 0 Å². The summed E-state index contributed by atoms with van der Waals surface area (Å²) >= 11 is 0. The van der Waals surface area contributed by atoms with Crippen LogP contribution in [0.25, 0.3) is 11.3 Å². The highest BCUT2D eigenvalue weighted by atomic mass is 31.1. The molecule has 1 fully saturated rings. The van der Waals surface area contributed by atoms with E-state index in [4.69, 9.17) is 4.98 Å². The number of nitrogens with zero attached hydrogens (tertiary/aromatic N) is 1. The van der Waals surface area contributed by atoms with Crippen molar-refractivity contribution in [1.82, 2.24) is 4.98 Å². The lowest BCUT2D eigenvalue weighted by Crippen LogP contribution is -2.51. The molecule has 0 amide bonds. The van der Waals surface area contributed by atoms with Gasteiger partial charge in [0.1, 0.15) is 0 Å². The van der Waals surface area contributed by atoms with E-state index in [1.54, 1.807) is 0 Å². The Labute approximate surface area is 211 Å². The Morgan fingerprint density at radius 1 is 0.771 bits per heavy atom. The highest BCUT2D eigenvalue weighted by molar-refractivity contribution is 7.80. The molecule has 2 bridgehead atoms. The molecule has 0 unspecified atom stereocenters. The summed E-state index contributed by atoms with van der Waals surface area (Å²) in [6.45, 7) is 9.71. The molecular formula is C33H34NP. The van der Waals surface area contributed by atoms with Gasteiger partial charge in [0.2, 0.25) is 0 Å². The molecule has 3 aromatic carbocycles. The van der Waals surface area contributed by atoms with E-state index < -0.39 is 7.92 Å². The van der Waals surface area contributed by atoms with Crippen molar-refractivity contribution in [2.24, 2.45) is 17.3 Å². The predicted molar refractivity (Wildman–Crippen MR) is 151 cm³/mol. The second-order valence-corrected chi connectivity index (χ2v) is 13.4. The van der Waals surface area contributed by atoms with E-state index in [1.165, 1.54) is 39.2 Å². The van der Waals surface area contributed by atoms with Crippen LogP contribution >= 0.6 is 7.92 Å². The van der Waals surface area contributed by atoms with Crippen LogP contribution in [-0.2, 0) is 0 Å². The van der Waals surface area contributed by atoms with Crippen molar-refractivity contribution in [3.63, 3.8) is 0 Å². The topological polar surface area (TPSA) is 12.9 Å². The highest BCUT2D eigenvalue weighted by Crippen LogP contribution is 2.67. The highest BCUT2D eigenvalue weighted by Gasteiger charge is 2.57. The Kier molecular flexibility index (Phi) is 5.65. The van der Waals surface area contributed by atoms with Gasteiger partial charge < -0.3 is 0 Å². The average Bonchev–Trinajstić information content (AvgIpc) is 2.89. The van der Waals surface area contributed by atoms with Gasteiger partial charge in [-0.15, -0.1) is 0 Å². The summed E-state index contributed by atoms with van der Waals surface area (Å²) in [5, 5.41) is 4.14. The minimum absolute atomic E-state index is 0.387. The molecular weight excluding hydrogens is 441 g/mol. The molecule has 0 saturated heterocycles. The molecule has 0 N–H and O–H groups in total. The molecule has 1 heterocycles. The van der Waals surface area contributed by atoms with Crippen molar-refractivity contribution in [1.29, 1.82) is 0 Å². The lowest BCUT2D eigenvalue weighted by atomic mass is 9.43. The van der Waals surface area contributed by atoms with Crippen LogP contribution < -0.4 is 15.9 Å². The summed E-state index contributed by atoms with van der Waals surface area (Å²) in [6.07, 6.45) is 1.33. The van der Waals surface area contributed by atoms with E-state index in [0.717, 1.165) is 11.6 Å². The quantitative estimate of drug-likeness (QED) is 0.274. The van der Waals surface area contributed by atoms with Crippen LogP contribution in [0.5, 0.6) is 0 Å². The van der Waals surface area contributed by atoms with Crippen molar-refractivity contribution in [3.05, 3.63) is 108 Å². The molecule has 0 aliphatic heterocycles. The number of aromatic nitrogens is 1. The van der Waals surface area contributed by atoms with Gasteiger partial charge in [0.05, 0.1) is 5.69 Å². The van der Waals surface area contributed by atoms with E-state index in [0.29, 0.717) is 23.2 Å². The monoisotopic (exact) mass is 475 g/mol. The van der Waals surface area contributed by atoms with Crippen molar-refractivity contribution < 1.29 is 0 Å². The van der Waals surface area contributed by atoms with Crippen LogP contribution in [0.3, 0.4) is 0 Å². The lowest BCUT2D eigenvalue weighted by molar-refractivity contribution is -0.0198. The first-order chi connectivity index (χ1) is 17.0. The molecule has 1 aromatic heterocycles. The third kappa shape index (κ3) is 3.68. The van der Waals surface area contributed by atoms with Gasteiger partial charge in [-0.2, -0.15) is 0 Å². The molecule has 7 rings (SSSR count). The van der Waals surface area contributed by atoms with Crippen LogP contribution in [0, 0.1) is 17.3 Å². The summed E-state index contributed by atoms with van der Waals surface area (Å²) in [6, 6.07) is 35.7. The van der Waals surface area contributed by atoms with E-state index in [-0.39, 0.29) is 0 Å². The fourth-order valence-corrected chi connectivity index (χ4v) is 9.19. The minimum atomic E-state index is -0.681. The zero-order chi connectivity index (χ0) is 24.2. The van der Waals surface area contributed by atoms with Crippen molar-refractivity contribution in [2.45, 2.75) is 46.0 Å². The second-order valence-electron chi connectivity index (χ2n) is 11.2. The maximum atomic E-state index is 5.47. The number of pyridine rings is 1. The van der Waals surface area contributed by atoms with Crippen molar-refractivity contribution in [3.8, 4) is 11.3 Å². The van der Waals surface area contributed by atoms with Crippen molar-refractivity contribution >= 4 is 23.8 Å². The first kappa shape index (κ1) is 22.7. The minimum Gasteiger partial charge on any atom is -0.252 e. The Morgan fingerprint density at radius 3 is 1.97 bits per heavy atom. The maximum absolute atomic E-state index is 5.47. The van der Waals surface area contributed by atoms with Gasteiger partial charge >= 0.3 is 0 Å². The lowest BCUT2D eigenvalue weighted by Gasteiger charge is -2.61. The number of benzene rings is 3. The number of rotatable bonds is 5. The predicted octanol–water partition coefficient (Wildman–Crippen LogP) is 7.39. The van der Waals surface area contributed by atoms with Gasteiger partial charge in [0, 0.05) is 17.2 Å². The van der Waals surface area contributed by atoms with Gasteiger partial charge in [0.25, 0.3) is 0 Å². The summed E-state index contributed by atoms with van der Waals surface area (Å²) in [5.41, 5.74) is 5.67. The first-order valence-corrected chi connectivity index (χ1v) is 14.3. The zero-order valence-electron chi connectivity index (χ0n) is 21.1. The number of hydrogen-bond donors (Lipinski definition) is 0. The van der Waals surface area contributed by atoms with Crippen LogP contribution in [0.1, 0.15) is 57.2 Å². The molecule has 2 heteroatoms. The Bertz CT molecular complexity index is 1300. The molecule has 3 aliphatic carbocycles. The van der Waals surface area contributed by atoms with Crippen LogP contribution in [0.4, 0.5) is 0 Å². The zero-order valence-corrected chi connectivity index (χ0v) is 22.0. The Balaban J connectivity index is 1.51. The standard InChI is InChI=1S/C33H34NP/c1-22(2)31-28-21-27(33(28,3)4)25-19-20-29(34-32(25)31)26-17-11-12-18-30(26)35(23-13-7-5-8-14-23)24-15-9-6-10-16-24/h5-20,22,27-28,31H,21H2,1-4H3/t27-,28+,31+/m0/s1.